The third-order valence-corrected chi connectivity index (χ3v) is 11.0. The quantitative estimate of drug-likeness (QED) is 0.188. The highest BCUT2D eigenvalue weighted by atomic mass is 15.0. The maximum atomic E-state index is 9.61. The molecule has 0 atom stereocenters. The molecule has 0 N–H and O–H groups in total. The van der Waals surface area contributed by atoms with Gasteiger partial charge in [0.05, 0.1) is 33.9 Å². The molecule has 2 heterocycles. The number of aromatic nitrogens is 2. The Morgan fingerprint density at radius 1 is 0.538 bits per heavy atom. The molecule has 0 amide bonds. The molecule has 0 bridgehead atoms. The number of benzene rings is 7. The van der Waals surface area contributed by atoms with Crippen LogP contribution in [0.3, 0.4) is 0 Å². The normalized spacial score (nSPS) is 12.9. The lowest BCUT2D eigenvalue weighted by Crippen LogP contribution is -2.14. The van der Waals surface area contributed by atoms with Crippen LogP contribution in [0.2, 0.25) is 0 Å². The Kier molecular flexibility index (Phi) is 6.59. The number of hydrogen-bond donors (Lipinski definition) is 0. The number of fused-ring (bicyclic) bond motifs is 8. The lowest BCUT2D eigenvalue weighted by molar-refractivity contribution is 0.661. The van der Waals surface area contributed by atoms with Crippen molar-refractivity contribution < 1.29 is 0 Å². The summed E-state index contributed by atoms with van der Waals surface area (Å²) < 4.78 is 2.49. The van der Waals surface area contributed by atoms with E-state index < -0.39 is 0 Å². The van der Waals surface area contributed by atoms with Crippen LogP contribution in [0.25, 0.3) is 83.0 Å². The fourth-order valence-corrected chi connectivity index (χ4v) is 8.48. The minimum absolute atomic E-state index is 0.124. The Hall–Kier alpha value is -6.76. The highest BCUT2D eigenvalue weighted by Crippen LogP contribution is 2.53. The SMILES string of the molecule is CC1(C)c2ccccc2-c2c1ccc1c3ccccc3n(-c3cc(-c4ccc(C#N)cc4)cc(-c4cc(-c5ccccc5)nc5ccccc45)c3)c21. The molecule has 1 aliphatic carbocycles. The summed E-state index contributed by atoms with van der Waals surface area (Å²) in [6.45, 7) is 4.69. The molecule has 1 aliphatic rings. The van der Waals surface area contributed by atoms with Gasteiger partial charge in [0.1, 0.15) is 0 Å². The van der Waals surface area contributed by atoms with Crippen LogP contribution in [0.1, 0.15) is 30.5 Å². The van der Waals surface area contributed by atoms with Gasteiger partial charge < -0.3 is 4.57 Å². The molecule has 0 fully saturated rings. The van der Waals surface area contributed by atoms with E-state index in [9.17, 15) is 5.26 Å². The maximum absolute atomic E-state index is 9.61. The molecule has 3 heteroatoms. The first-order chi connectivity index (χ1) is 25.5. The van der Waals surface area contributed by atoms with E-state index in [1.54, 1.807) is 0 Å². The molecule has 244 valence electrons. The fraction of sp³-hybridized carbons (Fsp3) is 0.0612. The molecule has 0 unspecified atom stereocenters. The molecule has 9 aromatic rings. The van der Waals surface area contributed by atoms with Crippen molar-refractivity contribution in [3.05, 3.63) is 180 Å². The van der Waals surface area contributed by atoms with Crippen LogP contribution in [0.15, 0.2) is 164 Å². The standard InChI is InChI=1S/C49H33N3/c1-49(2)42-17-9-6-16-40(42)47-43(49)25-24-39-38-15-8-11-19-46(38)52(48(39)47)36-27-34(32-22-20-31(30-50)21-23-32)26-35(28-36)41-29-45(33-12-4-3-5-13-33)51-44-18-10-7-14-37(41)44/h3-29H,1-2H3. The first-order valence-corrected chi connectivity index (χ1v) is 17.8. The lowest BCUT2D eigenvalue weighted by atomic mass is 9.82. The van der Waals surface area contributed by atoms with E-state index in [2.05, 4.69) is 170 Å². The van der Waals surface area contributed by atoms with Gasteiger partial charge in [0, 0.05) is 38.4 Å². The third kappa shape index (κ3) is 4.48. The Balaban J connectivity index is 1.33. The maximum Gasteiger partial charge on any atom is 0.0991 e. The highest BCUT2D eigenvalue weighted by molar-refractivity contribution is 6.16. The Labute approximate surface area is 302 Å². The first kappa shape index (κ1) is 30.1. The van der Waals surface area contributed by atoms with Crippen molar-refractivity contribution in [1.29, 1.82) is 5.26 Å². The van der Waals surface area contributed by atoms with Gasteiger partial charge in [0.25, 0.3) is 0 Å². The molecule has 3 nitrogen and oxygen atoms in total. The van der Waals surface area contributed by atoms with Crippen molar-refractivity contribution in [1.82, 2.24) is 9.55 Å². The van der Waals surface area contributed by atoms with E-state index >= 15 is 0 Å². The van der Waals surface area contributed by atoms with Gasteiger partial charge in [-0.2, -0.15) is 5.26 Å². The second kappa shape index (κ2) is 11.4. The number of pyridine rings is 1. The van der Waals surface area contributed by atoms with Gasteiger partial charge in [0.2, 0.25) is 0 Å². The molecule has 0 saturated carbocycles. The first-order valence-electron chi connectivity index (χ1n) is 17.8. The summed E-state index contributed by atoms with van der Waals surface area (Å²) in [5.74, 6) is 0. The second-order valence-corrected chi connectivity index (χ2v) is 14.3. The molecule has 2 aromatic heterocycles. The van der Waals surface area contributed by atoms with E-state index in [1.165, 1.54) is 44.1 Å². The van der Waals surface area contributed by atoms with Crippen LogP contribution < -0.4 is 0 Å². The van der Waals surface area contributed by atoms with Crippen molar-refractivity contribution in [2.24, 2.45) is 0 Å². The van der Waals surface area contributed by atoms with Gasteiger partial charge in [-0.05, 0) is 87.5 Å². The van der Waals surface area contributed by atoms with E-state index in [1.807, 2.05) is 18.2 Å². The van der Waals surface area contributed by atoms with Gasteiger partial charge in [-0.25, -0.2) is 4.98 Å². The predicted molar refractivity (Wildman–Crippen MR) is 215 cm³/mol. The zero-order chi connectivity index (χ0) is 35.0. The molecule has 0 spiro atoms. The van der Waals surface area contributed by atoms with Gasteiger partial charge in [-0.3, -0.25) is 0 Å². The van der Waals surface area contributed by atoms with Crippen molar-refractivity contribution in [3.8, 4) is 56.4 Å². The number of nitriles is 1. The number of para-hydroxylation sites is 2. The second-order valence-electron chi connectivity index (χ2n) is 14.3. The molecule has 52 heavy (non-hydrogen) atoms. The Bertz CT molecular complexity index is 2920. The summed E-state index contributed by atoms with van der Waals surface area (Å²) >= 11 is 0. The van der Waals surface area contributed by atoms with Crippen molar-refractivity contribution in [2.45, 2.75) is 19.3 Å². The molecule has 10 rings (SSSR count). The molecular weight excluding hydrogens is 631 g/mol. The monoisotopic (exact) mass is 663 g/mol. The zero-order valence-electron chi connectivity index (χ0n) is 28.9. The number of nitrogens with zero attached hydrogens (tertiary/aromatic N) is 3. The summed E-state index contributed by atoms with van der Waals surface area (Å²) in [7, 11) is 0. The van der Waals surface area contributed by atoms with Crippen LogP contribution in [0.4, 0.5) is 0 Å². The summed E-state index contributed by atoms with van der Waals surface area (Å²) in [6, 6.07) is 60.6. The Morgan fingerprint density at radius 2 is 1.25 bits per heavy atom. The van der Waals surface area contributed by atoms with E-state index in [-0.39, 0.29) is 5.41 Å². The van der Waals surface area contributed by atoms with Crippen LogP contribution in [-0.4, -0.2) is 9.55 Å². The van der Waals surface area contributed by atoms with E-state index in [0.29, 0.717) is 5.56 Å². The average molecular weight is 664 g/mol. The highest BCUT2D eigenvalue weighted by Gasteiger charge is 2.37. The molecule has 7 aromatic carbocycles. The van der Waals surface area contributed by atoms with Gasteiger partial charge in [-0.1, -0.05) is 129 Å². The summed E-state index contributed by atoms with van der Waals surface area (Å²) in [6.07, 6.45) is 0. The lowest BCUT2D eigenvalue weighted by Gasteiger charge is -2.21. The minimum Gasteiger partial charge on any atom is -0.309 e. The van der Waals surface area contributed by atoms with E-state index in [0.717, 1.165) is 50.1 Å². The zero-order valence-corrected chi connectivity index (χ0v) is 28.9. The van der Waals surface area contributed by atoms with Gasteiger partial charge in [-0.15, -0.1) is 0 Å². The fourth-order valence-electron chi connectivity index (χ4n) is 8.48. The summed E-state index contributed by atoms with van der Waals surface area (Å²) in [4.78, 5) is 5.12. The predicted octanol–water partition coefficient (Wildman–Crippen LogP) is 12.5. The largest absolute Gasteiger partial charge is 0.309 e. The van der Waals surface area contributed by atoms with Gasteiger partial charge >= 0.3 is 0 Å². The van der Waals surface area contributed by atoms with Crippen molar-refractivity contribution in [3.63, 3.8) is 0 Å². The average Bonchev–Trinajstić information content (AvgIpc) is 3.66. The molecule has 0 radical (unpaired) electrons. The minimum atomic E-state index is -0.124. The van der Waals surface area contributed by atoms with Crippen molar-refractivity contribution >= 4 is 32.7 Å². The van der Waals surface area contributed by atoms with Crippen LogP contribution in [0.5, 0.6) is 0 Å². The van der Waals surface area contributed by atoms with Crippen molar-refractivity contribution in [2.75, 3.05) is 0 Å². The van der Waals surface area contributed by atoms with Crippen LogP contribution in [0, 0.1) is 11.3 Å². The van der Waals surface area contributed by atoms with Gasteiger partial charge in [0.15, 0.2) is 0 Å². The third-order valence-electron chi connectivity index (χ3n) is 11.0. The van der Waals surface area contributed by atoms with Crippen LogP contribution >= 0.6 is 0 Å². The summed E-state index contributed by atoms with van der Waals surface area (Å²) in [5, 5.41) is 13.2. The molecule has 0 saturated heterocycles. The smallest absolute Gasteiger partial charge is 0.0991 e. The Morgan fingerprint density at radius 3 is 2.08 bits per heavy atom. The molecule has 0 aliphatic heterocycles. The summed E-state index contributed by atoms with van der Waals surface area (Å²) in [5.41, 5.74) is 16.7. The number of hydrogen-bond acceptors (Lipinski definition) is 2. The number of rotatable bonds is 4. The molecular formula is C49H33N3. The topological polar surface area (TPSA) is 41.6 Å². The van der Waals surface area contributed by atoms with Crippen LogP contribution in [-0.2, 0) is 5.41 Å². The van der Waals surface area contributed by atoms with E-state index in [4.69, 9.17) is 4.98 Å².